The van der Waals surface area contributed by atoms with Gasteiger partial charge in [0.05, 0.1) is 112 Å². The number of hydrogen-bond acceptors (Lipinski definition) is 10. The fourth-order valence-electron chi connectivity index (χ4n) is 2.71. The third kappa shape index (κ3) is 24.9. The molecule has 228 valence electrons. The highest BCUT2D eigenvalue weighted by Gasteiger charge is 2.11. The summed E-state index contributed by atoms with van der Waals surface area (Å²) < 4.78 is 82.5. The molecule has 0 heterocycles. The number of aliphatic hydroxyl groups is 1. The summed E-state index contributed by atoms with van der Waals surface area (Å²) in [5.41, 5.74) is 5.12. The second-order valence-corrected chi connectivity index (χ2v) is 7.47. The van der Waals surface area contributed by atoms with Gasteiger partial charge in [-0.2, -0.15) is 0 Å². The van der Waals surface area contributed by atoms with E-state index in [1.807, 2.05) is 0 Å². The summed E-state index contributed by atoms with van der Waals surface area (Å²) >= 11 is 0. The van der Waals surface area contributed by atoms with Crippen molar-refractivity contribution >= 4 is 0 Å². The molecule has 0 radical (unpaired) electrons. The molecule has 0 spiro atoms. The summed E-state index contributed by atoms with van der Waals surface area (Å²) in [4.78, 5) is 0. The van der Waals surface area contributed by atoms with Crippen molar-refractivity contribution in [3.8, 4) is 0 Å². The largest absolute Gasteiger partial charge is 0.516 e. The monoisotopic (exact) mass is 571 g/mol. The van der Waals surface area contributed by atoms with Gasteiger partial charge in [0.15, 0.2) is 0 Å². The Balaban J connectivity index is 0.00000458. The van der Waals surface area contributed by atoms with Gasteiger partial charge in [-0.1, -0.05) is 6.58 Å². The molecule has 0 amide bonds. The van der Waals surface area contributed by atoms with Crippen molar-refractivity contribution in [3.05, 3.63) is 48.0 Å². The van der Waals surface area contributed by atoms with E-state index in [9.17, 15) is 13.2 Å². The fraction of sp³-hybridized carbons (Fsp3) is 0.692. The lowest BCUT2D eigenvalue weighted by Crippen LogP contribution is -2.15. The van der Waals surface area contributed by atoms with Crippen LogP contribution in [0.4, 0.5) is 13.2 Å². The molecule has 1 rings (SSSR count). The van der Waals surface area contributed by atoms with Crippen molar-refractivity contribution in [2.24, 2.45) is 5.73 Å². The first-order valence-corrected chi connectivity index (χ1v) is 12.8. The average molecular weight is 572 g/mol. The van der Waals surface area contributed by atoms with Gasteiger partial charge in [-0.25, -0.2) is 13.2 Å². The van der Waals surface area contributed by atoms with Gasteiger partial charge >= 0.3 is 0 Å². The molecular weight excluding hydrogens is 527 g/mol. The lowest BCUT2D eigenvalue weighted by molar-refractivity contribution is -0.0229. The van der Waals surface area contributed by atoms with Crippen LogP contribution < -0.4 is 5.73 Å². The molecule has 0 aromatic heterocycles. The standard InChI is InChI=1S/C24H40F3NO8.C2H4O/c25-21-19-23(26)22(24(27)20-21)1-3-29-5-7-31-9-11-33-13-15-35-17-18-36-16-14-34-12-10-32-8-6-30-4-2-28;1-2-3/h19-20H,1-18,28H2;2-3H,1H2. The maximum atomic E-state index is 13.5. The highest BCUT2D eigenvalue weighted by atomic mass is 19.1. The molecule has 0 bridgehead atoms. The van der Waals surface area contributed by atoms with Crippen LogP contribution in [0.2, 0.25) is 0 Å². The van der Waals surface area contributed by atoms with Crippen LogP contribution in [0.1, 0.15) is 5.56 Å². The number of nitrogens with two attached hydrogens (primary N) is 1. The van der Waals surface area contributed by atoms with E-state index < -0.39 is 17.5 Å². The van der Waals surface area contributed by atoms with Gasteiger partial charge in [-0.3, -0.25) is 0 Å². The van der Waals surface area contributed by atoms with Gasteiger partial charge in [0.1, 0.15) is 17.5 Å². The normalized spacial score (nSPS) is 10.9. The van der Waals surface area contributed by atoms with E-state index in [2.05, 4.69) is 6.58 Å². The zero-order valence-corrected chi connectivity index (χ0v) is 22.6. The van der Waals surface area contributed by atoms with Gasteiger partial charge in [0.2, 0.25) is 0 Å². The van der Waals surface area contributed by atoms with Crippen molar-refractivity contribution in [3.63, 3.8) is 0 Å². The molecule has 0 aliphatic rings. The molecule has 3 N–H and O–H groups in total. The first-order chi connectivity index (χ1) is 19.1. The minimum Gasteiger partial charge on any atom is -0.516 e. The molecule has 10 nitrogen and oxygen atoms in total. The highest BCUT2D eigenvalue weighted by Crippen LogP contribution is 2.15. The van der Waals surface area contributed by atoms with E-state index in [0.29, 0.717) is 111 Å². The molecule has 39 heavy (non-hydrogen) atoms. The van der Waals surface area contributed by atoms with Gasteiger partial charge in [0, 0.05) is 30.7 Å². The highest BCUT2D eigenvalue weighted by molar-refractivity contribution is 5.20. The lowest BCUT2D eigenvalue weighted by Gasteiger charge is -2.09. The topological polar surface area (TPSA) is 120 Å². The molecule has 0 unspecified atom stereocenters. The van der Waals surface area contributed by atoms with E-state index in [0.717, 1.165) is 6.26 Å². The second kappa shape index (κ2) is 29.2. The van der Waals surface area contributed by atoms with Gasteiger partial charge in [-0.05, 0) is 0 Å². The molecule has 0 atom stereocenters. The number of halogens is 3. The van der Waals surface area contributed by atoms with Crippen LogP contribution in [-0.2, 0) is 44.3 Å². The van der Waals surface area contributed by atoms with Crippen LogP contribution in [0.25, 0.3) is 0 Å². The Hall–Kier alpha value is -1.81. The first kappa shape index (κ1) is 37.2. The number of benzene rings is 1. The molecule has 0 saturated heterocycles. The predicted octanol–water partition coefficient (Wildman–Crippen LogP) is 2.43. The SMILES string of the molecule is C=CO.NCCOCCOCCOCCOCCOCCOCCOCCOCCc1c(F)cc(F)cc1F. The predicted molar refractivity (Wildman–Crippen MR) is 138 cm³/mol. The van der Waals surface area contributed by atoms with E-state index in [4.69, 9.17) is 48.7 Å². The Bertz CT molecular complexity index is 667. The van der Waals surface area contributed by atoms with E-state index in [1.165, 1.54) is 0 Å². The Morgan fingerprint density at radius 3 is 1.10 bits per heavy atom. The summed E-state index contributed by atoms with van der Waals surface area (Å²) in [5.74, 6) is -2.77. The number of ether oxygens (including phenoxy) is 8. The van der Waals surface area contributed by atoms with E-state index in [1.54, 1.807) is 0 Å². The first-order valence-electron chi connectivity index (χ1n) is 12.8. The number of aliphatic hydroxyl groups excluding tert-OH is 1. The van der Waals surface area contributed by atoms with Crippen LogP contribution in [0, 0.1) is 17.5 Å². The Morgan fingerprint density at radius 2 is 0.821 bits per heavy atom. The summed E-state index contributed by atoms with van der Waals surface area (Å²) in [6.07, 6.45) is 0.766. The molecule has 13 heteroatoms. The molecule has 1 aromatic carbocycles. The molecule has 0 saturated carbocycles. The van der Waals surface area contributed by atoms with Gasteiger partial charge < -0.3 is 48.7 Å². The molecule has 0 aliphatic heterocycles. The average Bonchev–Trinajstić information content (AvgIpc) is 2.90. The van der Waals surface area contributed by atoms with Crippen LogP contribution in [0.5, 0.6) is 0 Å². The Labute approximate surface area is 229 Å². The minimum absolute atomic E-state index is 0.0162. The number of hydrogen-bond donors (Lipinski definition) is 2. The minimum atomic E-state index is -0.942. The quantitative estimate of drug-likeness (QED) is 0.127. The molecule has 1 aromatic rings. The smallest absolute Gasteiger partial charge is 0.132 e. The summed E-state index contributed by atoms with van der Waals surface area (Å²) in [5, 5.41) is 7.33. The van der Waals surface area contributed by atoms with E-state index >= 15 is 0 Å². The molecule has 0 fully saturated rings. The van der Waals surface area contributed by atoms with Gasteiger partial charge in [-0.15, -0.1) is 0 Å². The Kier molecular flexibility index (Phi) is 27.8. The zero-order valence-electron chi connectivity index (χ0n) is 22.6. The van der Waals surface area contributed by atoms with Crippen LogP contribution >= 0.6 is 0 Å². The third-order valence-electron chi connectivity index (χ3n) is 4.47. The summed E-state index contributed by atoms with van der Waals surface area (Å²) in [7, 11) is 0. The summed E-state index contributed by atoms with van der Waals surface area (Å²) in [6, 6.07) is 1.31. The van der Waals surface area contributed by atoms with Crippen molar-refractivity contribution in [1.82, 2.24) is 0 Å². The van der Waals surface area contributed by atoms with Crippen LogP contribution in [0.15, 0.2) is 25.0 Å². The van der Waals surface area contributed by atoms with Crippen molar-refractivity contribution in [1.29, 1.82) is 0 Å². The van der Waals surface area contributed by atoms with E-state index in [-0.39, 0.29) is 25.2 Å². The van der Waals surface area contributed by atoms with Crippen molar-refractivity contribution in [2.75, 3.05) is 112 Å². The number of rotatable bonds is 26. The molecule has 0 aliphatic carbocycles. The van der Waals surface area contributed by atoms with Gasteiger partial charge in [0.25, 0.3) is 0 Å². The molecular formula is C26H44F3NO9. The maximum absolute atomic E-state index is 13.5. The maximum Gasteiger partial charge on any atom is 0.132 e. The third-order valence-corrected chi connectivity index (χ3v) is 4.47. The fourth-order valence-corrected chi connectivity index (χ4v) is 2.71. The summed E-state index contributed by atoms with van der Waals surface area (Å²) in [6.45, 7) is 10.4. The van der Waals surface area contributed by atoms with Crippen LogP contribution in [-0.4, -0.2) is 117 Å². The van der Waals surface area contributed by atoms with Crippen molar-refractivity contribution < 1.29 is 56.2 Å². The lowest BCUT2D eigenvalue weighted by atomic mass is 10.1. The zero-order chi connectivity index (χ0) is 28.8. The second-order valence-electron chi connectivity index (χ2n) is 7.47. The Morgan fingerprint density at radius 1 is 0.564 bits per heavy atom. The van der Waals surface area contributed by atoms with Crippen LogP contribution in [0.3, 0.4) is 0 Å². The van der Waals surface area contributed by atoms with Crippen molar-refractivity contribution in [2.45, 2.75) is 6.42 Å².